The highest BCUT2D eigenvalue weighted by Gasteiger charge is 2.23. The topological polar surface area (TPSA) is 97.8 Å². The Morgan fingerprint density at radius 3 is 2.57 bits per heavy atom. The summed E-state index contributed by atoms with van der Waals surface area (Å²) in [6.45, 7) is 2.65. The molecule has 3 aromatic rings. The number of aromatic nitrogens is 1. The zero-order valence-electron chi connectivity index (χ0n) is 20.8. The molecule has 2 aromatic carbocycles. The van der Waals surface area contributed by atoms with Crippen LogP contribution in [-0.2, 0) is 19.5 Å². The summed E-state index contributed by atoms with van der Waals surface area (Å²) < 4.78 is 39.6. The molecule has 1 aromatic heterocycles. The summed E-state index contributed by atoms with van der Waals surface area (Å²) in [5, 5.41) is 1.92. The average molecular weight is 524 g/mol. The number of pyridine rings is 1. The predicted molar refractivity (Wildman–Crippen MR) is 142 cm³/mol. The second-order valence-electron chi connectivity index (χ2n) is 9.73. The fourth-order valence-electron chi connectivity index (χ4n) is 4.84. The molecule has 2 aliphatic rings. The minimum absolute atomic E-state index is 0.00774. The van der Waals surface area contributed by atoms with E-state index in [4.69, 9.17) is 9.47 Å². The number of fused-ring (bicyclic) bond motifs is 1. The number of piperidine rings is 1. The van der Waals surface area contributed by atoms with Gasteiger partial charge < -0.3 is 14.4 Å². The number of carbonyl (C=O) groups is 1. The fraction of sp³-hybridized carbons (Fsp3) is 0.429. The van der Waals surface area contributed by atoms with E-state index in [2.05, 4.69) is 14.6 Å². The molecule has 2 fully saturated rings. The highest BCUT2D eigenvalue weighted by Crippen LogP contribution is 2.23. The van der Waals surface area contributed by atoms with Crippen LogP contribution in [-0.4, -0.2) is 58.3 Å². The Labute approximate surface area is 218 Å². The number of nitrogens with one attached hydrogen (secondary N) is 1. The van der Waals surface area contributed by atoms with E-state index in [0.29, 0.717) is 23.6 Å². The van der Waals surface area contributed by atoms with Crippen LogP contribution in [0.3, 0.4) is 0 Å². The normalized spacial score (nSPS) is 19.2. The molecule has 0 saturated carbocycles. The lowest BCUT2D eigenvalue weighted by Crippen LogP contribution is -2.39. The smallest absolute Gasteiger partial charge is 0.240 e. The zero-order chi connectivity index (χ0) is 25.7. The third-order valence-corrected chi connectivity index (χ3v) is 8.56. The minimum Gasteiger partial charge on any atom is -0.357 e. The third kappa shape index (κ3) is 6.54. The van der Waals surface area contributed by atoms with Crippen molar-refractivity contribution in [2.75, 3.05) is 37.7 Å². The summed E-state index contributed by atoms with van der Waals surface area (Å²) in [5.74, 6) is 0.973. The fourth-order valence-corrected chi connectivity index (χ4v) is 6.00. The average Bonchev–Trinajstić information content (AvgIpc) is 2.95. The molecule has 1 unspecified atom stereocenters. The second-order valence-corrected chi connectivity index (χ2v) is 11.5. The van der Waals surface area contributed by atoms with Gasteiger partial charge in [-0.2, -0.15) is 0 Å². The first-order valence-corrected chi connectivity index (χ1v) is 14.4. The standard InChI is InChI=1S/C28H33N3O5S/c32-26(20-36-28-7-3-4-16-35-28)24-9-11-27(29-19-24)31-14-12-21(13-15-31)18-30-37(33,34)25-10-8-22-5-1-2-6-23(22)17-25/h1-2,5-6,8-11,17,19,21,28,30H,3-4,7,12-16,18,20H2. The van der Waals surface area contributed by atoms with Gasteiger partial charge in [0.25, 0.3) is 0 Å². The van der Waals surface area contributed by atoms with E-state index in [1.165, 1.54) is 0 Å². The van der Waals surface area contributed by atoms with Crippen molar-refractivity contribution >= 4 is 32.4 Å². The molecule has 1 atom stereocenters. The van der Waals surface area contributed by atoms with Crippen molar-refractivity contribution in [1.82, 2.24) is 9.71 Å². The second kappa shape index (κ2) is 11.7. The molecule has 0 radical (unpaired) electrons. The maximum absolute atomic E-state index is 12.9. The van der Waals surface area contributed by atoms with Crippen LogP contribution in [0.2, 0.25) is 0 Å². The number of hydrogen-bond donors (Lipinski definition) is 1. The maximum Gasteiger partial charge on any atom is 0.240 e. The van der Waals surface area contributed by atoms with E-state index in [-0.39, 0.29) is 24.6 Å². The minimum atomic E-state index is -3.57. The van der Waals surface area contributed by atoms with Crippen LogP contribution in [0.4, 0.5) is 5.82 Å². The van der Waals surface area contributed by atoms with Crippen LogP contribution in [0.1, 0.15) is 42.5 Å². The Bertz CT molecular complexity index is 1320. The van der Waals surface area contributed by atoms with E-state index in [1.54, 1.807) is 24.4 Å². The van der Waals surface area contributed by atoms with Crippen LogP contribution in [0.15, 0.2) is 65.7 Å². The number of sulfonamides is 1. The van der Waals surface area contributed by atoms with E-state index in [1.807, 2.05) is 36.4 Å². The van der Waals surface area contributed by atoms with Gasteiger partial charge in [0.15, 0.2) is 12.1 Å². The quantitative estimate of drug-likeness (QED) is 0.421. The molecular weight excluding hydrogens is 490 g/mol. The third-order valence-electron chi connectivity index (χ3n) is 7.14. The van der Waals surface area contributed by atoms with Gasteiger partial charge in [-0.05, 0) is 73.1 Å². The number of rotatable bonds is 9. The summed E-state index contributed by atoms with van der Waals surface area (Å²) in [7, 11) is -3.57. The molecule has 8 nitrogen and oxygen atoms in total. The number of hydrogen-bond acceptors (Lipinski definition) is 7. The van der Waals surface area contributed by atoms with Gasteiger partial charge in [0.1, 0.15) is 12.4 Å². The lowest BCUT2D eigenvalue weighted by molar-refractivity contribution is -0.155. The van der Waals surface area contributed by atoms with E-state index in [9.17, 15) is 13.2 Å². The van der Waals surface area contributed by atoms with E-state index >= 15 is 0 Å². The van der Waals surface area contributed by atoms with Gasteiger partial charge in [0.05, 0.1) is 4.90 Å². The van der Waals surface area contributed by atoms with Gasteiger partial charge in [-0.3, -0.25) is 4.79 Å². The molecule has 0 bridgehead atoms. The van der Waals surface area contributed by atoms with Crippen LogP contribution in [0.5, 0.6) is 0 Å². The first-order chi connectivity index (χ1) is 18.0. The van der Waals surface area contributed by atoms with Crippen LogP contribution in [0.25, 0.3) is 10.8 Å². The van der Waals surface area contributed by atoms with Crippen LogP contribution in [0, 0.1) is 5.92 Å². The molecule has 2 saturated heterocycles. The van der Waals surface area contributed by atoms with Crippen molar-refractivity contribution in [3.8, 4) is 0 Å². The molecule has 0 aliphatic carbocycles. The van der Waals surface area contributed by atoms with Crippen molar-refractivity contribution in [1.29, 1.82) is 0 Å². The van der Waals surface area contributed by atoms with Gasteiger partial charge in [-0.1, -0.05) is 30.3 Å². The molecule has 9 heteroatoms. The number of nitrogens with zero attached hydrogens (tertiary/aromatic N) is 2. The van der Waals surface area contributed by atoms with Crippen molar-refractivity contribution in [3.63, 3.8) is 0 Å². The van der Waals surface area contributed by atoms with Gasteiger partial charge in [0.2, 0.25) is 10.0 Å². The van der Waals surface area contributed by atoms with Crippen molar-refractivity contribution in [2.45, 2.75) is 43.3 Å². The molecule has 37 heavy (non-hydrogen) atoms. The van der Waals surface area contributed by atoms with E-state index in [0.717, 1.165) is 61.8 Å². The molecule has 3 heterocycles. The number of ether oxygens (including phenoxy) is 2. The SMILES string of the molecule is O=C(COC1CCCCO1)c1ccc(N2CCC(CNS(=O)(=O)c3ccc4ccccc4c3)CC2)nc1. The number of carbonyl (C=O) groups excluding carboxylic acids is 1. The monoisotopic (exact) mass is 523 g/mol. The van der Waals surface area contributed by atoms with Gasteiger partial charge in [-0.25, -0.2) is 18.1 Å². The maximum atomic E-state index is 12.9. The number of anilines is 1. The molecule has 0 amide bonds. The summed E-state index contributed by atoms with van der Waals surface area (Å²) in [6, 6.07) is 16.6. The zero-order valence-corrected chi connectivity index (χ0v) is 21.7. The van der Waals surface area contributed by atoms with E-state index < -0.39 is 10.0 Å². The summed E-state index contributed by atoms with van der Waals surface area (Å²) in [6.07, 6.45) is 5.95. The van der Waals surface area contributed by atoms with Gasteiger partial charge >= 0.3 is 0 Å². The Morgan fingerprint density at radius 1 is 1.03 bits per heavy atom. The Hall–Kier alpha value is -2.85. The predicted octanol–water partition coefficient (Wildman–Crippen LogP) is 4.16. The summed E-state index contributed by atoms with van der Waals surface area (Å²) in [4.78, 5) is 19.4. The molecule has 0 spiro atoms. The lowest BCUT2D eigenvalue weighted by Gasteiger charge is -2.32. The van der Waals surface area contributed by atoms with Gasteiger partial charge in [-0.15, -0.1) is 0 Å². The molecule has 5 rings (SSSR count). The first-order valence-electron chi connectivity index (χ1n) is 12.9. The molecule has 1 N–H and O–H groups in total. The lowest BCUT2D eigenvalue weighted by atomic mass is 9.97. The molecular formula is C28H33N3O5S. The Balaban J connectivity index is 1.09. The number of Topliss-reactive ketones (excluding diaryl/α,β-unsaturated/α-hetero) is 1. The largest absolute Gasteiger partial charge is 0.357 e. The summed E-state index contributed by atoms with van der Waals surface area (Å²) in [5.41, 5.74) is 0.526. The van der Waals surface area contributed by atoms with Crippen molar-refractivity contribution in [3.05, 3.63) is 66.4 Å². The van der Waals surface area contributed by atoms with Gasteiger partial charge in [0, 0.05) is 38.0 Å². The molecule has 2 aliphatic heterocycles. The Kier molecular flexibility index (Phi) is 8.14. The van der Waals surface area contributed by atoms with Crippen molar-refractivity contribution < 1.29 is 22.7 Å². The summed E-state index contributed by atoms with van der Waals surface area (Å²) >= 11 is 0. The van der Waals surface area contributed by atoms with Crippen LogP contribution < -0.4 is 9.62 Å². The number of ketones is 1. The highest BCUT2D eigenvalue weighted by molar-refractivity contribution is 7.89. The Morgan fingerprint density at radius 2 is 1.84 bits per heavy atom. The van der Waals surface area contributed by atoms with Crippen molar-refractivity contribution in [2.24, 2.45) is 5.92 Å². The van der Waals surface area contributed by atoms with Crippen LogP contribution >= 0.6 is 0 Å². The highest BCUT2D eigenvalue weighted by atomic mass is 32.2. The molecule has 196 valence electrons. The number of benzene rings is 2. The first kappa shape index (κ1) is 25.8.